The van der Waals surface area contributed by atoms with Crippen molar-refractivity contribution in [2.75, 3.05) is 13.6 Å². The number of nitrogens with zero attached hydrogens (tertiary/aromatic N) is 3. The molecule has 116 valence electrons. The number of pyridine rings is 1. The second-order valence-corrected chi connectivity index (χ2v) is 5.96. The Bertz CT molecular complexity index is 752. The van der Waals surface area contributed by atoms with Crippen LogP contribution in [0, 0.1) is 6.92 Å². The number of carbonyl (C=O) groups is 2. The Morgan fingerprint density at radius 1 is 1.41 bits per heavy atom. The Kier molecular flexibility index (Phi) is 3.39. The molecule has 1 aliphatic heterocycles. The van der Waals surface area contributed by atoms with Crippen LogP contribution in [0.4, 0.5) is 0 Å². The molecule has 1 saturated heterocycles. The number of rotatable bonds is 2. The summed E-state index contributed by atoms with van der Waals surface area (Å²) in [6.07, 6.45) is 5.09. The van der Waals surface area contributed by atoms with E-state index in [0.717, 1.165) is 17.6 Å². The van der Waals surface area contributed by atoms with Crippen LogP contribution in [-0.4, -0.2) is 45.2 Å². The first-order valence-corrected chi connectivity index (χ1v) is 7.46. The van der Waals surface area contributed by atoms with Gasteiger partial charge in [-0.1, -0.05) is 6.07 Å². The quantitative estimate of drug-likeness (QED) is 0.911. The molecular weight excluding hydrogens is 280 g/mol. The molecular formula is C16H20N4O2. The number of nitrogens with one attached hydrogen (secondary N) is 1. The highest BCUT2D eigenvalue weighted by Gasteiger charge is 2.45. The minimum atomic E-state index is -0.795. The van der Waals surface area contributed by atoms with Gasteiger partial charge in [-0.2, -0.15) is 0 Å². The van der Waals surface area contributed by atoms with Crippen molar-refractivity contribution in [3.8, 4) is 0 Å². The molecule has 6 nitrogen and oxygen atoms in total. The minimum absolute atomic E-state index is 0.127. The molecule has 22 heavy (non-hydrogen) atoms. The monoisotopic (exact) mass is 300 g/mol. The van der Waals surface area contributed by atoms with E-state index in [9.17, 15) is 9.59 Å². The first-order valence-electron chi connectivity index (χ1n) is 7.46. The van der Waals surface area contributed by atoms with E-state index in [0.29, 0.717) is 18.7 Å². The fourth-order valence-corrected chi connectivity index (χ4v) is 3.19. The highest BCUT2D eigenvalue weighted by Crippen LogP contribution is 2.30. The fourth-order valence-electron chi connectivity index (χ4n) is 3.19. The predicted molar refractivity (Wildman–Crippen MR) is 82.7 cm³/mol. The molecule has 2 amide bonds. The van der Waals surface area contributed by atoms with Crippen LogP contribution in [0.3, 0.4) is 0 Å². The molecule has 3 rings (SSSR count). The van der Waals surface area contributed by atoms with Crippen LogP contribution in [0.2, 0.25) is 0 Å². The van der Waals surface area contributed by atoms with Crippen molar-refractivity contribution in [2.24, 2.45) is 0 Å². The summed E-state index contributed by atoms with van der Waals surface area (Å²) < 4.78 is 1.84. The fraction of sp³-hybridized carbons (Fsp3) is 0.438. The van der Waals surface area contributed by atoms with E-state index in [2.05, 4.69) is 10.3 Å². The molecule has 0 radical (unpaired) electrons. The predicted octanol–water partition coefficient (Wildman–Crippen LogP) is 1.38. The third-order valence-corrected chi connectivity index (χ3v) is 4.50. The maximum Gasteiger partial charge on any atom is 0.274 e. The Morgan fingerprint density at radius 2 is 2.18 bits per heavy atom. The van der Waals surface area contributed by atoms with Crippen LogP contribution in [0.1, 0.15) is 35.8 Å². The second-order valence-electron chi connectivity index (χ2n) is 5.96. The van der Waals surface area contributed by atoms with Gasteiger partial charge in [0.25, 0.3) is 5.91 Å². The molecule has 0 aliphatic carbocycles. The number of carbonyl (C=O) groups excluding carboxylic acids is 2. The topological polar surface area (TPSA) is 66.7 Å². The summed E-state index contributed by atoms with van der Waals surface area (Å²) in [5.41, 5.74) is 1.37. The van der Waals surface area contributed by atoms with Crippen LogP contribution >= 0.6 is 0 Å². The molecule has 0 aromatic carbocycles. The number of likely N-dealkylation sites (N-methyl/N-ethyl adjacent to an activating group) is 1. The number of hydrogen-bond acceptors (Lipinski definition) is 3. The number of aromatic nitrogens is 2. The molecule has 0 unspecified atom stereocenters. The van der Waals surface area contributed by atoms with Gasteiger partial charge >= 0.3 is 0 Å². The van der Waals surface area contributed by atoms with Crippen LogP contribution in [0.5, 0.6) is 0 Å². The van der Waals surface area contributed by atoms with Gasteiger partial charge in [0.2, 0.25) is 5.91 Å². The lowest BCUT2D eigenvalue weighted by Gasteiger charge is -2.32. The maximum atomic E-state index is 12.8. The molecule has 1 atom stereocenters. The van der Waals surface area contributed by atoms with Crippen LogP contribution < -0.4 is 5.32 Å². The van der Waals surface area contributed by atoms with E-state index in [1.807, 2.05) is 36.6 Å². The molecule has 0 saturated carbocycles. The van der Waals surface area contributed by atoms with Crippen molar-refractivity contribution >= 4 is 17.5 Å². The van der Waals surface area contributed by atoms with Gasteiger partial charge < -0.3 is 14.6 Å². The van der Waals surface area contributed by atoms with Gasteiger partial charge in [-0.25, -0.2) is 4.98 Å². The van der Waals surface area contributed by atoms with E-state index < -0.39 is 5.54 Å². The number of likely N-dealkylation sites (tertiary alicyclic amines) is 1. The van der Waals surface area contributed by atoms with Gasteiger partial charge in [-0.3, -0.25) is 9.59 Å². The standard InChI is InChI=1S/C16H20N4O2/c1-11-6-4-8-19-10-12(18-13(11)19)14(21)20-9-5-7-16(20,2)15(22)17-3/h4,6,8,10H,5,7,9H2,1-3H3,(H,17,22)/t16-/m0/s1. The molecule has 0 bridgehead atoms. The van der Waals surface area contributed by atoms with Crippen molar-refractivity contribution in [1.29, 1.82) is 0 Å². The normalized spacial score (nSPS) is 21.3. The molecule has 6 heteroatoms. The van der Waals surface area contributed by atoms with Crippen molar-refractivity contribution in [3.63, 3.8) is 0 Å². The Hall–Kier alpha value is -2.37. The summed E-state index contributed by atoms with van der Waals surface area (Å²) in [5, 5.41) is 2.66. The summed E-state index contributed by atoms with van der Waals surface area (Å²) in [4.78, 5) is 31.1. The average Bonchev–Trinajstić information content (AvgIpc) is 3.11. The second kappa shape index (κ2) is 5.12. The molecule has 2 aromatic heterocycles. The smallest absolute Gasteiger partial charge is 0.274 e. The molecule has 1 aliphatic rings. The van der Waals surface area contributed by atoms with E-state index in [-0.39, 0.29) is 11.8 Å². The lowest BCUT2D eigenvalue weighted by Crippen LogP contribution is -2.54. The SMILES string of the molecule is CNC(=O)[C@]1(C)CCCN1C(=O)c1cn2cccc(C)c2n1. The minimum Gasteiger partial charge on any atom is -0.357 e. The highest BCUT2D eigenvalue weighted by atomic mass is 16.2. The summed E-state index contributed by atoms with van der Waals surface area (Å²) in [6, 6.07) is 3.88. The lowest BCUT2D eigenvalue weighted by molar-refractivity contribution is -0.129. The van der Waals surface area contributed by atoms with E-state index in [1.165, 1.54) is 0 Å². The lowest BCUT2D eigenvalue weighted by atomic mass is 9.97. The highest BCUT2D eigenvalue weighted by molar-refractivity contribution is 5.98. The van der Waals surface area contributed by atoms with Gasteiger partial charge in [-0.05, 0) is 38.3 Å². The van der Waals surface area contributed by atoms with Gasteiger partial charge in [0.05, 0.1) is 0 Å². The largest absolute Gasteiger partial charge is 0.357 e. The Balaban J connectivity index is 1.98. The number of amides is 2. The molecule has 3 heterocycles. The first kappa shape index (κ1) is 14.6. The van der Waals surface area contributed by atoms with Crippen LogP contribution in [0.25, 0.3) is 5.65 Å². The van der Waals surface area contributed by atoms with Crippen molar-refractivity contribution < 1.29 is 9.59 Å². The van der Waals surface area contributed by atoms with Gasteiger partial charge in [0.1, 0.15) is 16.9 Å². The van der Waals surface area contributed by atoms with Crippen molar-refractivity contribution in [2.45, 2.75) is 32.2 Å². The van der Waals surface area contributed by atoms with Crippen molar-refractivity contribution in [1.82, 2.24) is 19.6 Å². The van der Waals surface area contributed by atoms with E-state index in [1.54, 1.807) is 18.1 Å². The number of fused-ring (bicyclic) bond motifs is 1. The van der Waals surface area contributed by atoms with Crippen LogP contribution in [-0.2, 0) is 4.79 Å². The molecule has 0 spiro atoms. The average molecular weight is 300 g/mol. The maximum absolute atomic E-state index is 12.8. The molecule has 1 N–H and O–H groups in total. The third-order valence-electron chi connectivity index (χ3n) is 4.50. The van der Waals surface area contributed by atoms with Gasteiger partial charge in [0, 0.05) is 26.0 Å². The third kappa shape index (κ3) is 2.06. The Morgan fingerprint density at radius 3 is 2.86 bits per heavy atom. The molecule has 1 fully saturated rings. The zero-order valence-electron chi connectivity index (χ0n) is 13.1. The van der Waals surface area contributed by atoms with Gasteiger partial charge in [-0.15, -0.1) is 0 Å². The van der Waals surface area contributed by atoms with Gasteiger partial charge in [0.15, 0.2) is 0 Å². The summed E-state index contributed by atoms with van der Waals surface area (Å²) in [6.45, 7) is 4.36. The van der Waals surface area contributed by atoms with E-state index in [4.69, 9.17) is 0 Å². The first-order chi connectivity index (χ1) is 10.5. The summed E-state index contributed by atoms with van der Waals surface area (Å²) in [7, 11) is 1.60. The summed E-state index contributed by atoms with van der Waals surface area (Å²) >= 11 is 0. The molecule has 2 aromatic rings. The Labute approximate surface area is 129 Å². The number of aryl methyl sites for hydroxylation is 1. The number of hydrogen-bond donors (Lipinski definition) is 1. The summed E-state index contributed by atoms with van der Waals surface area (Å²) in [5.74, 6) is -0.315. The zero-order valence-corrected chi connectivity index (χ0v) is 13.1. The van der Waals surface area contributed by atoms with Crippen molar-refractivity contribution in [3.05, 3.63) is 35.8 Å². The van der Waals surface area contributed by atoms with Crippen LogP contribution in [0.15, 0.2) is 24.5 Å². The zero-order chi connectivity index (χ0) is 15.9. The number of imidazole rings is 1. The van der Waals surface area contributed by atoms with E-state index >= 15 is 0 Å².